The largest absolute Gasteiger partial charge is 0.360 e. The average Bonchev–Trinajstić information content (AvgIpc) is 3.26. The molecule has 7 heteroatoms. The summed E-state index contributed by atoms with van der Waals surface area (Å²) in [7, 11) is 0. The monoisotopic (exact) mass is 373 g/mol. The summed E-state index contributed by atoms with van der Waals surface area (Å²) in [4.78, 5) is 28.2. The highest BCUT2D eigenvalue weighted by atomic mass is 16.2. The van der Waals surface area contributed by atoms with Crippen molar-refractivity contribution in [1.29, 1.82) is 0 Å². The summed E-state index contributed by atoms with van der Waals surface area (Å²) < 4.78 is 0. The van der Waals surface area contributed by atoms with E-state index in [-0.39, 0.29) is 17.7 Å². The minimum atomic E-state index is -0.626. The van der Waals surface area contributed by atoms with Gasteiger partial charge in [-0.25, -0.2) is 5.43 Å². The van der Waals surface area contributed by atoms with Gasteiger partial charge in [-0.2, -0.15) is 5.10 Å². The number of benzene rings is 2. The van der Waals surface area contributed by atoms with Crippen molar-refractivity contribution in [3.8, 4) is 0 Å². The lowest BCUT2D eigenvalue weighted by Crippen LogP contribution is -2.42. The molecule has 0 radical (unpaired) electrons. The third kappa shape index (κ3) is 2.68. The molecule has 3 aromatic rings. The number of hydrogen-bond acceptors (Lipinski definition) is 4. The van der Waals surface area contributed by atoms with E-state index < -0.39 is 6.04 Å². The molecule has 0 saturated carbocycles. The molecular formula is C21H19N5O2. The second-order valence-corrected chi connectivity index (χ2v) is 7.34. The lowest BCUT2D eigenvalue weighted by molar-refractivity contribution is -0.118. The standard InChI is InChI=1S/C21H19N5O2/c22-19(13-5-11-3-1-2-4-12(11)6-13)21(28)25-15-7-16-18-14(9-23-17(18)8-15)10-24-26-20(16)27/h1-4,7-10,13,19,23H,5-6,22H2,(H,25,28)(H,26,27)/t19-/m1/s1. The first-order valence-corrected chi connectivity index (χ1v) is 9.22. The van der Waals surface area contributed by atoms with Crippen LogP contribution in [-0.2, 0) is 17.6 Å². The van der Waals surface area contributed by atoms with Crippen molar-refractivity contribution < 1.29 is 9.59 Å². The minimum absolute atomic E-state index is 0.0662. The van der Waals surface area contributed by atoms with Crippen molar-refractivity contribution in [3.63, 3.8) is 0 Å². The van der Waals surface area contributed by atoms with Crippen LogP contribution in [0.2, 0.25) is 0 Å². The van der Waals surface area contributed by atoms with Gasteiger partial charge in [-0.15, -0.1) is 0 Å². The van der Waals surface area contributed by atoms with Crippen LogP contribution in [0.3, 0.4) is 0 Å². The number of hydrogen-bond donors (Lipinski definition) is 4. The van der Waals surface area contributed by atoms with Crippen LogP contribution in [0.25, 0.3) is 10.9 Å². The first-order valence-electron chi connectivity index (χ1n) is 9.22. The zero-order chi connectivity index (χ0) is 19.3. The number of nitrogens with one attached hydrogen (secondary N) is 3. The Morgan fingerprint density at radius 2 is 1.96 bits per heavy atom. The molecule has 2 amide bonds. The Hall–Kier alpha value is -3.45. The molecule has 0 bridgehead atoms. The van der Waals surface area contributed by atoms with Gasteiger partial charge in [0.15, 0.2) is 0 Å². The van der Waals surface area contributed by atoms with Crippen LogP contribution in [0.4, 0.5) is 5.69 Å². The van der Waals surface area contributed by atoms with Crippen LogP contribution in [0.15, 0.2) is 47.7 Å². The molecule has 1 aliphatic carbocycles. The highest BCUT2D eigenvalue weighted by Gasteiger charge is 2.31. The van der Waals surface area contributed by atoms with Crippen LogP contribution < -0.4 is 16.5 Å². The molecule has 2 aliphatic rings. The first-order chi connectivity index (χ1) is 13.6. The Morgan fingerprint density at radius 3 is 2.71 bits per heavy atom. The summed E-state index contributed by atoms with van der Waals surface area (Å²) in [5.41, 5.74) is 13.8. The molecule has 140 valence electrons. The van der Waals surface area contributed by atoms with Gasteiger partial charge >= 0.3 is 0 Å². The summed E-state index contributed by atoms with van der Waals surface area (Å²) >= 11 is 0. The number of H-pyrrole nitrogens is 1. The molecule has 0 fully saturated rings. The molecule has 28 heavy (non-hydrogen) atoms. The van der Waals surface area contributed by atoms with Crippen LogP contribution in [0, 0.1) is 5.92 Å². The van der Waals surface area contributed by atoms with E-state index in [1.54, 1.807) is 18.5 Å². The zero-order valence-corrected chi connectivity index (χ0v) is 15.0. The van der Waals surface area contributed by atoms with Gasteiger partial charge in [-0.3, -0.25) is 9.59 Å². The number of amides is 2. The number of hydrazone groups is 1. The van der Waals surface area contributed by atoms with Crippen molar-refractivity contribution >= 4 is 34.6 Å². The fourth-order valence-electron chi connectivity index (χ4n) is 4.15. The number of rotatable bonds is 3. The number of carbonyl (C=O) groups excluding carboxylic acids is 2. The topological polar surface area (TPSA) is 112 Å². The summed E-state index contributed by atoms with van der Waals surface area (Å²) in [6.45, 7) is 0. The van der Waals surface area contributed by atoms with Crippen LogP contribution in [-0.4, -0.2) is 29.1 Å². The molecule has 2 heterocycles. The Morgan fingerprint density at radius 1 is 1.21 bits per heavy atom. The lowest BCUT2D eigenvalue weighted by Gasteiger charge is -2.18. The number of nitrogens with zero attached hydrogens (tertiary/aromatic N) is 1. The van der Waals surface area contributed by atoms with E-state index in [0.29, 0.717) is 11.3 Å². The SMILES string of the molecule is N[C@@H](C(=O)Nc1cc2c3c(c[nH]c3c1)C=NNC2=O)C1Cc2ccccc2C1. The highest BCUT2D eigenvalue weighted by Crippen LogP contribution is 2.30. The normalized spacial score (nSPS) is 16.5. The molecule has 1 aliphatic heterocycles. The second kappa shape index (κ2) is 6.31. The zero-order valence-electron chi connectivity index (χ0n) is 15.0. The van der Waals surface area contributed by atoms with Crippen molar-refractivity contribution in [2.75, 3.05) is 5.32 Å². The van der Waals surface area contributed by atoms with Gasteiger partial charge < -0.3 is 16.0 Å². The second-order valence-electron chi connectivity index (χ2n) is 7.34. The van der Waals surface area contributed by atoms with E-state index in [1.807, 2.05) is 18.2 Å². The summed E-state index contributed by atoms with van der Waals surface area (Å²) in [6, 6.07) is 11.0. The molecule has 2 aromatic carbocycles. The van der Waals surface area contributed by atoms with E-state index >= 15 is 0 Å². The predicted octanol–water partition coefficient (Wildman–Crippen LogP) is 1.93. The maximum Gasteiger partial charge on any atom is 0.272 e. The van der Waals surface area contributed by atoms with Crippen molar-refractivity contribution in [1.82, 2.24) is 10.4 Å². The Labute approximate surface area is 161 Å². The number of aromatic amines is 1. The van der Waals surface area contributed by atoms with Crippen LogP contribution in [0.1, 0.15) is 27.0 Å². The van der Waals surface area contributed by atoms with Crippen LogP contribution in [0.5, 0.6) is 0 Å². The van der Waals surface area contributed by atoms with Gasteiger partial charge in [0.2, 0.25) is 5.91 Å². The number of carbonyl (C=O) groups is 2. The third-order valence-corrected chi connectivity index (χ3v) is 5.59. The fraction of sp³-hybridized carbons (Fsp3) is 0.190. The van der Waals surface area contributed by atoms with Crippen molar-refractivity contribution in [3.05, 3.63) is 64.8 Å². The number of aromatic nitrogens is 1. The Kier molecular flexibility index (Phi) is 3.77. The van der Waals surface area contributed by atoms with Gasteiger partial charge in [0.25, 0.3) is 5.91 Å². The Bertz CT molecular complexity index is 1120. The molecule has 1 atom stereocenters. The molecule has 1 aromatic heterocycles. The molecule has 0 unspecified atom stereocenters. The maximum absolute atomic E-state index is 12.8. The molecule has 0 saturated heterocycles. The van der Waals surface area contributed by atoms with E-state index in [0.717, 1.165) is 29.3 Å². The summed E-state index contributed by atoms with van der Waals surface area (Å²) in [6.07, 6.45) is 4.98. The molecule has 5 N–H and O–H groups in total. The van der Waals surface area contributed by atoms with E-state index in [9.17, 15) is 9.59 Å². The van der Waals surface area contributed by atoms with Gasteiger partial charge in [-0.05, 0) is 42.0 Å². The Balaban J connectivity index is 1.39. The molecular weight excluding hydrogens is 354 g/mol. The average molecular weight is 373 g/mol. The first kappa shape index (κ1) is 16.7. The third-order valence-electron chi connectivity index (χ3n) is 5.59. The summed E-state index contributed by atoms with van der Waals surface area (Å²) in [5, 5.41) is 7.57. The lowest BCUT2D eigenvalue weighted by atomic mass is 9.96. The van der Waals surface area contributed by atoms with Crippen molar-refractivity contribution in [2.24, 2.45) is 16.8 Å². The summed E-state index contributed by atoms with van der Waals surface area (Å²) in [5.74, 6) is -0.496. The fourth-order valence-corrected chi connectivity index (χ4v) is 4.15. The highest BCUT2D eigenvalue weighted by molar-refractivity contribution is 6.15. The quantitative estimate of drug-likeness (QED) is 0.563. The molecule has 0 spiro atoms. The number of anilines is 1. The number of nitrogens with two attached hydrogens (primary N) is 1. The van der Waals surface area contributed by atoms with E-state index in [1.165, 1.54) is 11.1 Å². The van der Waals surface area contributed by atoms with Crippen LogP contribution >= 0.6 is 0 Å². The van der Waals surface area contributed by atoms with Gasteiger partial charge in [0, 0.05) is 28.4 Å². The smallest absolute Gasteiger partial charge is 0.272 e. The van der Waals surface area contributed by atoms with Gasteiger partial charge in [-0.1, -0.05) is 24.3 Å². The predicted molar refractivity (Wildman–Crippen MR) is 107 cm³/mol. The van der Waals surface area contributed by atoms with E-state index in [2.05, 4.69) is 33.0 Å². The number of fused-ring (bicyclic) bond motifs is 1. The van der Waals surface area contributed by atoms with E-state index in [4.69, 9.17) is 5.73 Å². The van der Waals surface area contributed by atoms with Crippen molar-refractivity contribution in [2.45, 2.75) is 18.9 Å². The minimum Gasteiger partial charge on any atom is -0.360 e. The molecule has 7 nitrogen and oxygen atoms in total. The maximum atomic E-state index is 12.8. The van der Waals surface area contributed by atoms with Gasteiger partial charge in [0.1, 0.15) is 0 Å². The molecule has 5 rings (SSSR count). The van der Waals surface area contributed by atoms with Gasteiger partial charge in [0.05, 0.1) is 17.8 Å².